The highest BCUT2D eigenvalue weighted by molar-refractivity contribution is 6.35. The van der Waals surface area contributed by atoms with Crippen molar-refractivity contribution in [2.24, 2.45) is 5.73 Å². The predicted molar refractivity (Wildman–Crippen MR) is 84.9 cm³/mol. The molecule has 4 heteroatoms. The van der Waals surface area contributed by atoms with Gasteiger partial charge in [-0.1, -0.05) is 53.5 Å². The highest BCUT2D eigenvalue weighted by Crippen LogP contribution is 2.32. The fourth-order valence-electron chi connectivity index (χ4n) is 2.03. The van der Waals surface area contributed by atoms with Crippen LogP contribution in [-0.2, 0) is 12.8 Å². The molecule has 0 atom stereocenters. The Morgan fingerprint density at radius 1 is 1.00 bits per heavy atom. The van der Waals surface area contributed by atoms with Crippen LogP contribution in [0.1, 0.15) is 11.1 Å². The molecule has 0 heterocycles. The highest BCUT2D eigenvalue weighted by Gasteiger charge is 2.10. The molecule has 2 aromatic carbocycles. The minimum atomic E-state index is 0.533. The first-order valence-corrected chi connectivity index (χ1v) is 7.31. The highest BCUT2D eigenvalue weighted by atomic mass is 35.5. The van der Waals surface area contributed by atoms with Gasteiger partial charge in [0.1, 0.15) is 5.75 Å². The van der Waals surface area contributed by atoms with E-state index in [-0.39, 0.29) is 0 Å². The Hall–Kier alpha value is -1.22. The van der Waals surface area contributed by atoms with Gasteiger partial charge in [0.15, 0.2) is 0 Å². The molecule has 0 saturated heterocycles. The summed E-state index contributed by atoms with van der Waals surface area (Å²) in [5, 5.41) is 1.14. The Balaban J connectivity index is 2.05. The molecule has 2 N–H and O–H groups in total. The molecular weight excluding hydrogens is 293 g/mol. The summed E-state index contributed by atoms with van der Waals surface area (Å²) in [6.45, 7) is 1.11. The Bertz CT molecular complexity index is 558. The summed E-state index contributed by atoms with van der Waals surface area (Å²) in [6.07, 6.45) is 1.53. The molecule has 2 nitrogen and oxygen atoms in total. The monoisotopic (exact) mass is 309 g/mol. The van der Waals surface area contributed by atoms with E-state index in [4.69, 9.17) is 33.7 Å². The standard InChI is InChI=1S/C16H17Cl2NO/c17-14-10-13(6-8-19)16(15(18)11-14)20-9-7-12-4-2-1-3-5-12/h1-5,10-11H,6-9,19H2. The van der Waals surface area contributed by atoms with Crippen molar-refractivity contribution in [2.75, 3.05) is 13.2 Å². The second-order valence-corrected chi connectivity index (χ2v) is 5.34. The van der Waals surface area contributed by atoms with E-state index in [1.54, 1.807) is 6.07 Å². The topological polar surface area (TPSA) is 35.2 Å². The average molecular weight is 310 g/mol. The number of halogens is 2. The second kappa shape index (κ2) is 7.53. The van der Waals surface area contributed by atoms with Crippen molar-refractivity contribution in [2.45, 2.75) is 12.8 Å². The van der Waals surface area contributed by atoms with E-state index in [1.807, 2.05) is 24.3 Å². The molecule has 20 heavy (non-hydrogen) atoms. The Morgan fingerprint density at radius 3 is 2.45 bits per heavy atom. The van der Waals surface area contributed by atoms with Crippen LogP contribution in [0.15, 0.2) is 42.5 Å². The third-order valence-corrected chi connectivity index (χ3v) is 3.48. The molecular formula is C16H17Cl2NO. The van der Waals surface area contributed by atoms with Crippen molar-refractivity contribution in [3.8, 4) is 5.75 Å². The second-order valence-electron chi connectivity index (χ2n) is 4.50. The molecule has 0 aliphatic carbocycles. The number of nitrogens with two attached hydrogens (primary N) is 1. The largest absolute Gasteiger partial charge is 0.491 e. The number of hydrogen-bond donors (Lipinski definition) is 1. The first-order valence-electron chi connectivity index (χ1n) is 6.55. The lowest BCUT2D eigenvalue weighted by molar-refractivity contribution is 0.319. The first kappa shape index (κ1) is 15.2. The van der Waals surface area contributed by atoms with Crippen LogP contribution >= 0.6 is 23.2 Å². The summed E-state index contributed by atoms with van der Waals surface area (Å²) in [6, 6.07) is 13.7. The Kier molecular flexibility index (Phi) is 5.72. The smallest absolute Gasteiger partial charge is 0.141 e. The normalized spacial score (nSPS) is 10.6. The van der Waals surface area contributed by atoms with E-state index in [2.05, 4.69) is 12.1 Å². The Labute approximate surface area is 129 Å². The molecule has 106 valence electrons. The molecule has 0 fully saturated rings. The van der Waals surface area contributed by atoms with E-state index >= 15 is 0 Å². The molecule has 0 aromatic heterocycles. The van der Waals surface area contributed by atoms with Gasteiger partial charge >= 0.3 is 0 Å². The number of hydrogen-bond acceptors (Lipinski definition) is 2. The van der Waals surface area contributed by atoms with Crippen LogP contribution in [0.4, 0.5) is 0 Å². The van der Waals surface area contributed by atoms with E-state index < -0.39 is 0 Å². The van der Waals surface area contributed by atoms with Crippen LogP contribution in [0.2, 0.25) is 10.0 Å². The quantitative estimate of drug-likeness (QED) is 0.871. The maximum Gasteiger partial charge on any atom is 0.141 e. The maximum atomic E-state index is 6.20. The van der Waals surface area contributed by atoms with Crippen molar-refractivity contribution in [3.63, 3.8) is 0 Å². The zero-order valence-corrected chi connectivity index (χ0v) is 12.6. The SMILES string of the molecule is NCCc1cc(Cl)cc(Cl)c1OCCc1ccccc1. The average Bonchev–Trinajstić information content (AvgIpc) is 2.43. The zero-order valence-electron chi connectivity index (χ0n) is 11.1. The molecule has 2 rings (SSSR count). The lowest BCUT2D eigenvalue weighted by atomic mass is 10.1. The van der Waals surface area contributed by atoms with Crippen LogP contribution in [0.3, 0.4) is 0 Å². The molecule has 0 unspecified atom stereocenters. The van der Waals surface area contributed by atoms with Gasteiger partial charge in [-0.3, -0.25) is 0 Å². The summed E-state index contributed by atoms with van der Waals surface area (Å²) in [4.78, 5) is 0. The van der Waals surface area contributed by atoms with Crippen molar-refractivity contribution >= 4 is 23.2 Å². The lowest BCUT2D eigenvalue weighted by Gasteiger charge is -2.13. The van der Waals surface area contributed by atoms with Gasteiger partial charge in [0.05, 0.1) is 11.6 Å². The molecule has 0 aliphatic rings. The van der Waals surface area contributed by atoms with Gasteiger partial charge in [0.2, 0.25) is 0 Å². The molecule has 0 bridgehead atoms. The van der Waals surface area contributed by atoms with Crippen LogP contribution in [0.25, 0.3) is 0 Å². The molecule has 2 aromatic rings. The van der Waals surface area contributed by atoms with Gasteiger partial charge in [-0.25, -0.2) is 0 Å². The fraction of sp³-hybridized carbons (Fsp3) is 0.250. The maximum absolute atomic E-state index is 6.20. The predicted octanol–water partition coefficient (Wildman–Crippen LogP) is 4.12. The van der Waals surface area contributed by atoms with Crippen molar-refractivity contribution < 1.29 is 4.74 Å². The van der Waals surface area contributed by atoms with Gasteiger partial charge in [-0.15, -0.1) is 0 Å². The van der Waals surface area contributed by atoms with Gasteiger partial charge < -0.3 is 10.5 Å². The van der Waals surface area contributed by atoms with Crippen molar-refractivity contribution in [3.05, 3.63) is 63.6 Å². The third-order valence-electron chi connectivity index (χ3n) is 2.98. The van der Waals surface area contributed by atoms with Crippen LogP contribution in [-0.4, -0.2) is 13.2 Å². The van der Waals surface area contributed by atoms with E-state index in [0.717, 1.165) is 12.0 Å². The first-order chi connectivity index (χ1) is 9.70. The zero-order chi connectivity index (χ0) is 14.4. The lowest BCUT2D eigenvalue weighted by Crippen LogP contribution is -2.08. The summed E-state index contributed by atoms with van der Waals surface area (Å²) in [5.74, 6) is 0.692. The summed E-state index contributed by atoms with van der Waals surface area (Å²) in [5.41, 5.74) is 7.80. The number of rotatable bonds is 6. The van der Waals surface area contributed by atoms with Crippen LogP contribution in [0.5, 0.6) is 5.75 Å². The molecule has 0 saturated carbocycles. The van der Waals surface area contributed by atoms with Crippen LogP contribution in [0, 0.1) is 0 Å². The number of benzene rings is 2. The minimum absolute atomic E-state index is 0.533. The Morgan fingerprint density at radius 2 is 1.75 bits per heavy atom. The van der Waals surface area contributed by atoms with Gasteiger partial charge in [0, 0.05) is 11.4 Å². The van der Waals surface area contributed by atoms with Crippen molar-refractivity contribution in [1.29, 1.82) is 0 Å². The molecule has 0 aliphatic heterocycles. The molecule has 0 amide bonds. The molecule has 0 spiro atoms. The number of ether oxygens (including phenoxy) is 1. The summed E-state index contributed by atoms with van der Waals surface area (Å²) in [7, 11) is 0. The van der Waals surface area contributed by atoms with E-state index in [9.17, 15) is 0 Å². The summed E-state index contributed by atoms with van der Waals surface area (Å²) < 4.78 is 5.83. The van der Waals surface area contributed by atoms with Gasteiger partial charge in [0.25, 0.3) is 0 Å². The van der Waals surface area contributed by atoms with Crippen molar-refractivity contribution in [1.82, 2.24) is 0 Å². The van der Waals surface area contributed by atoms with Gasteiger partial charge in [-0.05, 0) is 36.2 Å². The molecule has 0 radical (unpaired) electrons. The summed E-state index contributed by atoms with van der Waals surface area (Å²) >= 11 is 12.2. The minimum Gasteiger partial charge on any atom is -0.491 e. The fourth-order valence-corrected chi connectivity index (χ4v) is 2.62. The van der Waals surface area contributed by atoms with E-state index in [1.165, 1.54) is 5.56 Å². The van der Waals surface area contributed by atoms with E-state index in [0.29, 0.717) is 35.4 Å². The van der Waals surface area contributed by atoms with Gasteiger partial charge in [-0.2, -0.15) is 0 Å². The third kappa shape index (κ3) is 4.14. The van der Waals surface area contributed by atoms with Crippen LogP contribution < -0.4 is 10.5 Å².